The highest BCUT2D eigenvalue weighted by atomic mass is 16.5. The van der Waals surface area contributed by atoms with E-state index in [1.807, 2.05) is 0 Å². The zero-order chi connectivity index (χ0) is 13.0. The molecule has 0 saturated carbocycles. The van der Waals surface area contributed by atoms with Crippen LogP contribution in [0.15, 0.2) is 18.2 Å². The van der Waals surface area contributed by atoms with Gasteiger partial charge in [0.05, 0.1) is 12.8 Å². The molecule has 0 radical (unpaired) electrons. The van der Waals surface area contributed by atoms with Crippen molar-refractivity contribution in [3.05, 3.63) is 23.8 Å². The monoisotopic (exact) mass is 248 g/mol. The minimum Gasteiger partial charge on any atom is -0.495 e. The number of rotatable bonds is 3. The van der Waals surface area contributed by atoms with Crippen molar-refractivity contribution in [1.29, 1.82) is 0 Å². The molecule has 0 bridgehead atoms. The molecule has 0 aromatic heterocycles. The van der Waals surface area contributed by atoms with Crippen LogP contribution in [0.4, 0.5) is 5.69 Å². The van der Waals surface area contributed by atoms with Crippen LogP contribution < -0.4 is 15.0 Å². The predicted octanol–water partition coefficient (Wildman–Crippen LogP) is 2.58. The van der Waals surface area contributed by atoms with Crippen LogP contribution in [0, 0.1) is 6.92 Å². The molecule has 1 saturated heterocycles. The molecule has 0 spiro atoms. The van der Waals surface area contributed by atoms with Gasteiger partial charge in [-0.2, -0.15) is 0 Å². The van der Waals surface area contributed by atoms with E-state index in [1.54, 1.807) is 7.11 Å². The second-order valence-electron chi connectivity index (χ2n) is 5.03. The fourth-order valence-electron chi connectivity index (χ4n) is 2.54. The Morgan fingerprint density at radius 1 is 1.44 bits per heavy atom. The average molecular weight is 248 g/mol. The van der Waals surface area contributed by atoms with Crippen LogP contribution in [-0.4, -0.2) is 32.8 Å². The van der Waals surface area contributed by atoms with Crippen molar-refractivity contribution < 1.29 is 4.74 Å². The van der Waals surface area contributed by atoms with E-state index in [0.29, 0.717) is 6.04 Å². The van der Waals surface area contributed by atoms with Gasteiger partial charge in [-0.25, -0.2) is 0 Å². The van der Waals surface area contributed by atoms with Gasteiger partial charge in [0.15, 0.2) is 0 Å². The Morgan fingerprint density at radius 3 is 3.00 bits per heavy atom. The smallest absolute Gasteiger partial charge is 0.142 e. The first-order chi connectivity index (χ1) is 8.74. The van der Waals surface area contributed by atoms with Crippen molar-refractivity contribution in [3.8, 4) is 5.75 Å². The summed E-state index contributed by atoms with van der Waals surface area (Å²) in [7, 11) is 1.75. The van der Waals surface area contributed by atoms with Crippen LogP contribution in [0.5, 0.6) is 5.75 Å². The van der Waals surface area contributed by atoms with Crippen molar-refractivity contribution >= 4 is 5.69 Å². The number of methoxy groups -OCH3 is 1. The lowest BCUT2D eigenvalue weighted by Crippen LogP contribution is -2.37. The zero-order valence-corrected chi connectivity index (χ0v) is 11.7. The molecule has 1 N–H and O–H groups in total. The third-order valence-electron chi connectivity index (χ3n) is 3.65. The molecule has 3 heteroatoms. The van der Waals surface area contributed by atoms with Crippen LogP contribution in [0.1, 0.15) is 25.3 Å². The largest absolute Gasteiger partial charge is 0.495 e. The molecule has 3 nitrogen and oxygen atoms in total. The summed E-state index contributed by atoms with van der Waals surface area (Å²) in [6.45, 7) is 7.66. The highest BCUT2D eigenvalue weighted by Gasteiger charge is 2.19. The summed E-state index contributed by atoms with van der Waals surface area (Å²) in [4.78, 5) is 2.46. The Hall–Kier alpha value is -1.22. The predicted molar refractivity (Wildman–Crippen MR) is 76.6 cm³/mol. The number of nitrogens with zero attached hydrogens (tertiary/aromatic N) is 1. The lowest BCUT2D eigenvalue weighted by molar-refractivity contribution is 0.413. The molecule has 1 heterocycles. The van der Waals surface area contributed by atoms with Crippen molar-refractivity contribution in [1.82, 2.24) is 5.32 Å². The molecule has 1 fully saturated rings. The summed E-state index contributed by atoms with van der Waals surface area (Å²) in [6.07, 6.45) is 2.36. The normalized spacial score (nSPS) is 20.6. The van der Waals surface area contributed by atoms with Gasteiger partial charge in [-0.15, -0.1) is 0 Å². The standard InChI is InChI=1S/C15H24N2O/c1-4-13-11-17(9-5-8-16-13)14-10-12(2)6-7-15(14)18-3/h6-7,10,13,16H,4-5,8-9,11H2,1-3H3. The minimum absolute atomic E-state index is 0.581. The van der Waals surface area contributed by atoms with Gasteiger partial charge in [-0.3, -0.25) is 0 Å². The molecule has 1 aliphatic heterocycles. The van der Waals surface area contributed by atoms with Crippen LogP contribution in [0.25, 0.3) is 0 Å². The van der Waals surface area contributed by atoms with E-state index in [0.717, 1.165) is 25.4 Å². The van der Waals surface area contributed by atoms with Crippen LogP contribution >= 0.6 is 0 Å². The van der Waals surface area contributed by atoms with Crippen LogP contribution in [0.2, 0.25) is 0 Å². The molecule has 100 valence electrons. The van der Waals surface area contributed by atoms with Crippen molar-refractivity contribution in [2.75, 3.05) is 31.6 Å². The third-order valence-corrected chi connectivity index (χ3v) is 3.65. The van der Waals surface area contributed by atoms with Gasteiger partial charge < -0.3 is 15.0 Å². The maximum atomic E-state index is 5.50. The number of aryl methyl sites for hydroxylation is 1. The quantitative estimate of drug-likeness (QED) is 0.890. The fraction of sp³-hybridized carbons (Fsp3) is 0.600. The van der Waals surface area contributed by atoms with Crippen LogP contribution in [0.3, 0.4) is 0 Å². The summed E-state index contributed by atoms with van der Waals surface area (Å²) >= 11 is 0. The highest BCUT2D eigenvalue weighted by molar-refractivity contribution is 5.60. The van der Waals surface area contributed by atoms with E-state index >= 15 is 0 Å². The summed E-state index contributed by atoms with van der Waals surface area (Å²) in [5.74, 6) is 0.984. The molecular formula is C15H24N2O. The highest BCUT2D eigenvalue weighted by Crippen LogP contribution is 2.30. The number of benzene rings is 1. The van der Waals surface area contributed by atoms with E-state index in [9.17, 15) is 0 Å². The third kappa shape index (κ3) is 2.96. The summed E-state index contributed by atoms with van der Waals surface area (Å²) in [6, 6.07) is 6.99. The van der Waals surface area contributed by atoms with Gasteiger partial charge in [0.25, 0.3) is 0 Å². The Bertz CT molecular complexity index is 392. The Labute approximate surface area is 110 Å². The van der Waals surface area contributed by atoms with E-state index in [2.05, 4.69) is 42.3 Å². The number of hydrogen-bond donors (Lipinski definition) is 1. The van der Waals surface area contributed by atoms with Gasteiger partial charge in [-0.1, -0.05) is 13.0 Å². The molecule has 1 atom stereocenters. The van der Waals surface area contributed by atoms with Crippen LogP contribution in [-0.2, 0) is 0 Å². The molecular weight excluding hydrogens is 224 g/mol. The second kappa shape index (κ2) is 6.10. The minimum atomic E-state index is 0.581. The van der Waals surface area contributed by atoms with Gasteiger partial charge in [-0.05, 0) is 44.0 Å². The molecule has 1 unspecified atom stereocenters. The zero-order valence-electron chi connectivity index (χ0n) is 11.7. The van der Waals surface area contributed by atoms with Gasteiger partial charge in [0.1, 0.15) is 5.75 Å². The molecule has 0 aliphatic carbocycles. The molecule has 1 aliphatic rings. The van der Waals surface area contributed by atoms with Gasteiger partial charge in [0.2, 0.25) is 0 Å². The fourth-order valence-corrected chi connectivity index (χ4v) is 2.54. The first kappa shape index (κ1) is 13.2. The number of hydrogen-bond acceptors (Lipinski definition) is 3. The summed E-state index contributed by atoms with van der Waals surface area (Å²) in [5, 5.41) is 3.60. The lowest BCUT2D eigenvalue weighted by Gasteiger charge is -2.27. The van der Waals surface area contributed by atoms with Crippen molar-refractivity contribution in [3.63, 3.8) is 0 Å². The molecule has 18 heavy (non-hydrogen) atoms. The maximum Gasteiger partial charge on any atom is 0.142 e. The molecule has 2 rings (SSSR count). The van der Waals surface area contributed by atoms with Crippen molar-refractivity contribution in [2.24, 2.45) is 0 Å². The maximum absolute atomic E-state index is 5.50. The van der Waals surface area contributed by atoms with E-state index in [1.165, 1.54) is 24.1 Å². The number of anilines is 1. The van der Waals surface area contributed by atoms with Gasteiger partial charge >= 0.3 is 0 Å². The van der Waals surface area contributed by atoms with E-state index in [4.69, 9.17) is 4.74 Å². The van der Waals surface area contributed by atoms with Crippen molar-refractivity contribution in [2.45, 2.75) is 32.7 Å². The summed E-state index contributed by atoms with van der Waals surface area (Å²) in [5.41, 5.74) is 2.52. The van der Waals surface area contributed by atoms with E-state index < -0.39 is 0 Å². The number of nitrogens with one attached hydrogen (secondary N) is 1. The topological polar surface area (TPSA) is 24.5 Å². The summed E-state index contributed by atoms with van der Waals surface area (Å²) < 4.78 is 5.50. The Kier molecular flexibility index (Phi) is 4.48. The number of ether oxygens (including phenoxy) is 1. The average Bonchev–Trinajstić information content (AvgIpc) is 2.64. The lowest BCUT2D eigenvalue weighted by atomic mass is 10.1. The molecule has 0 amide bonds. The molecule has 1 aromatic rings. The SMILES string of the molecule is CCC1CN(c2cc(C)ccc2OC)CCCN1. The Balaban J connectivity index is 2.25. The second-order valence-corrected chi connectivity index (χ2v) is 5.03. The first-order valence-electron chi connectivity index (χ1n) is 6.87. The van der Waals surface area contributed by atoms with Gasteiger partial charge in [0, 0.05) is 19.1 Å². The first-order valence-corrected chi connectivity index (χ1v) is 6.87. The Morgan fingerprint density at radius 2 is 2.28 bits per heavy atom. The van der Waals surface area contributed by atoms with E-state index in [-0.39, 0.29) is 0 Å². The molecule has 1 aromatic carbocycles.